The van der Waals surface area contributed by atoms with Gasteiger partial charge < -0.3 is 10.1 Å². The maximum Gasteiger partial charge on any atom is 0.125 e. The molecule has 0 aromatic heterocycles. The summed E-state index contributed by atoms with van der Waals surface area (Å²) >= 11 is 0. The zero-order chi connectivity index (χ0) is 13.5. The van der Waals surface area contributed by atoms with Gasteiger partial charge in [0.1, 0.15) is 17.7 Å². The molecule has 0 spiro atoms. The van der Waals surface area contributed by atoms with Crippen LogP contribution in [0.1, 0.15) is 18.1 Å². The van der Waals surface area contributed by atoms with Gasteiger partial charge in [0.25, 0.3) is 0 Å². The van der Waals surface area contributed by atoms with Gasteiger partial charge in [-0.25, -0.2) is 4.39 Å². The lowest BCUT2D eigenvalue weighted by molar-refractivity contribution is 0.194. The number of nitrogens with one attached hydrogen (secondary N) is 1. The molecule has 0 unspecified atom stereocenters. The van der Waals surface area contributed by atoms with Gasteiger partial charge in [-0.3, -0.25) is 0 Å². The van der Waals surface area contributed by atoms with Crippen molar-refractivity contribution in [3.8, 4) is 5.75 Å². The Hall–Kier alpha value is -1.87. The van der Waals surface area contributed by atoms with Crippen LogP contribution in [0.2, 0.25) is 0 Å². The van der Waals surface area contributed by atoms with Crippen molar-refractivity contribution < 1.29 is 9.13 Å². The number of para-hydroxylation sites is 1. The third-order valence-electron chi connectivity index (χ3n) is 2.90. The maximum absolute atomic E-state index is 13.3. The summed E-state index contributed by atoms with van der Waals surface area (Å²) in [6.07, 6.45) is 0.639. The van der Waals surface area contributed by atoms with Crippen LogP contribution in [0.5, 0.6) is 5.75 Å². The summed E-state index contributed by atoms with van der Waals surface area (Å²) in [5.41, 5.74) is 0.860. The molecule has 2 nitrogen and oxygen atoms in total. The van der Waals surface area contributed by atoms with E-state index in [1.54, 1.807) is 6.07 Å². The van der Waals surface area contributed by atoms with E-state index in [4.69, 9.17) is 4.74 Å². The third kappa shape index (κ3) is 4.07. The van der Waals surface area contributed by atoms with E-state index < -0.39 is 0 Å². The smallest absolute Gasteiger partial charge is 0.125 e. The first-order valence-corrected chi connectivity index (χ1v) is 6.41. The molecular weight excluding hydrogens is 241 g/mol. The minimum Gasteiger partial charge on any atom is -0.486 e. The normalized spacial score (nSPS) is 12.1. The molecule has 0 saturated heterocycles. The molecule has 0 amide bonds. The average molecular weight is 259 g/mol. The lowest BCUT2D eigenvalue weighted by atomic mass is 10.1. The first-order valence-electron chi connectivity index (χ1n) is 6.41. The van der Waals surface area contributed by atoms with Crippen molar-refractivity contribution in [1.29, 1.82) is 0 Å². The van der Waals surface area contributed by atoms with Crippen molar-refractivity contribution >= 4 is 0 Å². The van der Waals surface area contributed by atoms with Gasteiger partial charge in [-0.05, 0) is 43.4 Å². The Morgan fingerprint density at radius 2 is 1.89 bits per heavy atom. The maximum atomic E-state index is 13.3. The number of benzene rings is 2. The highest BCUT2D eigenvalue weighted by molar-refractivity contribution is 5.25. The topological polar surface area (TPSA) is 21.3 Å². The lowest BCUT2D eigenvalue weighted by Crippen LogP contribution is -2.16. The molecule has 19 heavy (non-hydrogen) atoms. The van der Waals surface area contributed by atoms with E-state index >= 15 is 0 Å². The Morgan fingerprint density at radius 3 is 2.58 bits per heavy atom. The van der Waals surface area contributed by atoms with E-state index in [2.05, 4.69) is 5.32 Å². The van der Waals surface area contributed by atoms with E-state index in [-0.39, 0.29) is 11.9 Å². The number of rotatable bonds is 6. The van der Waals surface area contributed by atoms with Crippen LogP contribution in [0.25, 0.3) is 0 Å². The molecule has 2 aromatic carbocycles. The Morgan fingerprint density at radius 1 is 1.11 bits per heavy atom. The van der Waals surface area contributed by atoms with Gasteiger partial charge in [0.2, 0.25) is 0 Å². The average Bonchev–Trinajstić information content (AvgIpc) is 2.44. The Balaban J connectivity index is 2.16. The summed E-state index contributed by atoms with van der Waals surface area (Å²) < 4.78 is 19.3. The standard InChI is InChI=1S/C16H18FNO/c1-18-11-10-16(13-6-5-7-14(17)12-13)19-15-8-3-2-4-9-15/h2-9,12,16,18H,10-11H2,1H3/t16-/m1/s1. The fraction of sp³-hybridized carbons (Fsp3) is 0.250. The van der Waals surface area contributed by atoms with Crippen molar-refractivity contribution in [2.45, 2.75) is 12.5 Å². The first-order chi connectivity index (χ1) is 9.29. The molecule has 3 heteroatoms. The molecule has 0 saturated carbocycles. The molecule has 1 N–H and O–H groups in total. The number of hydrogen-bond donors (Lipinski definition) is 1. The molecule has 100 valence electrons. The van der Waals surface area contributed by atoms with Crippen molar-refractivity contribution in [2.24, 2.45) is 0 Å². The van der Waals surface area contributed by atoms with Crippen LogP contribution in [0, 0.1) is 5.82 Å². The van der Waals surface area contributed by atoms with Crippen LogP contribution >= 0.6 is 0 Å². The van der Waals surface area contributed by atoms with Crippen LogP contribution < -0.4 is 10.1 Å². The van der Waals surface area contributed by atoms with Gasteiger partial charge in [0, 0.05) is 6.42 Å². The summed E-state index contributed by atoms with van der Waals surface area (Å²) in [5.74, 6) is 0.566. The zero-order valence-electron chi connectivity index (χ0n) is 11.0. The van der Waals surface area contributed by atoms with Gasteiger partial charge in [-0.15, -0.1) is 0 Å². The highest BCUT2D eigenvalue weighted by Gasteiger charge is 2.13. The second kappa shape index (κ2) is 6.90. The van der Waals surface area contributed by atoms with Crippen molar-refractivity contribution in [2.75, 3.05) is 13.6 Å². The Bertz CT molecular complexity index is 501. The molecular formula is C16H18FNO. The monoisotopic (exact) mass is 259 g/mol. The number of ether oxygens (including phenoxy) is 1. The number of hydrogen-bond acceptors (Lipinski definition) is 2. The molecule has 0 fully saturated rings. The molecule has 2 rings (SSSR count). The van der Waals surface area contributed by atoms with E-state index in [9.17, 15) is 4.39 Å². The molecule has 0 radical (unpaired) electrons. The van der Waals surface area contributed by atoms with E-state index in [1.165, 1.54) is 12.1 Å². The second-order valence-electron chi connectivity index (χ2n) is 4.37. The lowest BCUT2D eigenvalue weighted by Gasteiger charge is -2.19. The van der Waals surface area contributed by atoms with Gasteiger partial charge in [-0.1, -0.05) is 30.3 Å². The second-order valence-corrected chi connectivity index (χ2v) is 4.37. The molecule has 1 atom stereocenters. The fourth-order valence-corrected chi connectivity index (χ4v) is 1.94. The Labute approximate surface area is 113 Å². The molecule has 2 aromatic rings. The van der Waals surface area contributed by atoms with E-state index in [0.717, 1.165) is 24.3 Å². The van der Waals surface area contributed by atoms with Crippen molar-refractivity contribution in [1.82, 2.24) is 5.32 Å². The van der Waals surface area contributed by atoms with Crippen LogP contribution in [-0.4, -0.2) is 13.6 Å². The fourth-order valence-electron chi connectivity index (χ4n) is 1.94. The SMILES string of the molecule is CNCC[C@@H](Oc1ccccc1)c1cccc(F)c1. The predicted molar refractivity (Wildman–Crippen MR) is 74.8 cm³/mol. The van der Waals surface area contributed by atoms with Crippen LogP contribution in [0.3, 0.4) is 0 Å². The summed E-state index contributed by atoms with van der Waals surface area (Å²) in [6.45, 7) is 0.814. The van der Waals surface area contributed by atoms with Crippen LogP contribution in [-0.2, 0) is 0 Å². The van der Waals surface area contributed by atoms with Crippen LogP contribution in [0.4, 0.5) is 4.39 Å². The summed E-state index contributed by atoms with van der Waals surface area (Å²) in [7, 11) is 1.89. The largest absolute Gasteiger partial charge is 0.486 e. The summed E-state index contributed by atoms with van der Waals surface area (Å²) in [4.78, 5) is 0. The predicted octanol–water partition coefficient (Wildman–Crippen LogP) is 3.56. The van der Waals surface area contributed by atoms with Gasteiger partial charge in [-0.2, -0.15) is 0 Å². The summed E-state index contributed by atoms with van der Waals surface area (Å²) in [5, 5.41) is 3.09. The van der Waals surface area contributed by atoms with Crippen molar-refractivity contribution in [3.05, 3.63) is 66.0 Å². The molecule has 0 heterocycles. The first kappa shape index (κ1) is 13.6. The summed E-state index contributed by atoms with van der Waals surface area (Å²) in [6, 6.07) is 16.2. The molecule has 0 aliphatic carbocycles. The zero-order valence-corrected chi connectivity index (χ0v) is 11.0. The molecule has 0 bridgehead atoms. The highest BCUT2D eigenvalue weighted by atomic mass is 19.1. The number of halogens is 1. The quantitative estimate of drug-likeness (QED) is 0.856. The van der Waals surface area contributed by atoms with Crippen molar-refractivity contribution in [3.63, 3.8) is 0 Å². The molecule has 0 aliphatic rings. The van der Waals surface area contributed by atoms with Crippen LogP contribution in [0.15, 0.2) is 54.6 Å². The Kier molecular flexibility index (Phi) is 4.93. The van der Waals surface area contributed by atoms with Gasteiger partial charge in [0.15, 0.2) is 0 Å². The minimum absolute atomic E-state index is 0.148. The van der Waals surface area contributed by atoms with E-state index in [0.29, 0.717) is 0 Å². The van der Waals surface area contributed by atoms with Gasteiger partial charge >= 0.3 is 0 Å². The molecule has 0 aliphatic heterocycles. The van der Waals surface area contributed by atoms with E-state index in [1.807, 2.05) is 43.4 Å². The van der Waals surface area contributed by atoms with Gasteiger partial charge in [0.05, 0.1) is 0 Å². The third-order valence-corrected chi connectivity index (χ3v) is 2.90. The minimum atomic E-state index is -0.233. The highest BCUT2D eigenvalue weighted by Crippen LogP contribution is 2.24.